The summed E-state index contributed by atoms with van der Waals surface area (Å²) >= 11 is 3.55. The molecule has 1 N–H and O–H groups in total. The van der Waals surface area contributed by atoms with Crippen molar-refractivity contribution in [2.24, 2.45) is 5.92 Å². The van der Waals surface area contributed by atoms with Gasteiger partial charge in [0.25, 0.3) is 0 Å². The lowest BCUT2D eigenvalue weighted by molar-refractivity contribution is 0.0697. The van der Waals surface area contributed by atoms with Crippen LogP contribution < -0.4 is 4.74 Å². The molecule has 3 rings (SSSR count). The van der Waals surface area contributed by atoms with Gasteiger partial charge in [0.2, 0.25) is 0 Å². The molecule has 0 unspecified atom stereocenters. The molecule has 3 aromatic rings. The van der Waals surface area contributed by atoms with Crippen LogP contribution >= 0.6 is 15.9 Å². The van der Waals surface area contributed by atoms with Gasteiger partial charge in [-0.05, 0) is 61.4 Å². The van der Waals surface area contributed by atoms with E-state index in [0.717, 1.165) is 32.9 Å². The van der Waals surface area contributed by atoms with Gasteiger partial charge in [-0.1, -0.05) is 35.8 Å². The van der Waals surface area contributed by atoms with Crippen LogP contribution in [-0.2, 0) is 0 Å². The number of aromatic carboxylic acids is 1. The van der Waals surface area contributed by atoms with E-state index in [1.54, 1.807) is 18.2 Å². The minimum atomic E-state index is -0.938. The summed E-state index contributed by atoms with van der Waals surface area (Å²) in [7, 11) is 0. The van der Waals surface area contributed by atoms with Gasteiger partial charge in [0.05, 0.1) is 17.9 Å². The summed E-state index contributed by atoms with van der Waals surface area (Å²) in [5, 5.41) is 9.33. The number of hydrogen-bond acceptors (Lipinski definition) is 2. The zero-order chi connectivity index (χ0) is 19.6. The lowest BCUT2D eigenvalue weighted by Crippen LogP contribution is -2.07. The van der Waals surface area contributed by atoms with Crippen LogP contribution in [0.2, 0.25) is 0 Å². The normalized spacial score (nSPS) is 11.0. The minimum absolute atomic E-state index is 0.261. The summed E-state index contributed by atoms with van der Waals surface area (Å²) in [6, 6.07) is 17.0. The van der Waals surface area contributed by atoms with Crippen LogP contribution in [0.1, 0.15) is 29.9 Å². The fraction of sp³-hybridized carbons (Fsp3) is 0.227. The van der Waals surface area contributed by atoms with E-state index in [0.29, 0.717) is 12.5 Å². The van der Waals surface area contributed by atoms with Gasteiger partial charge in [0, 0.05) is 21.4 Å². The van der Waals surface area contributed by atoms with Crippen LogP contribution in [0.25, 0.3) is 16.9 Å². The molecular weight excluding hydrogens is 406 g/mol. The summed E-state index contributed by atoms with van der Waals surface area (Å²) in [6.45, 7) is 6.86. The molecule has 0 fully saturated rings. The second kappa shape index (κ2) is 8.01. The molecule has 1 heterocycles. The Bertz CT molecular complexity index is 975. The van der Waals surface area contributed by atoms with Gasteiger partial charge in [-0.15, -0.1) is 0 Å². The van der Waals surface area contributed by atoms with Crippen LogP contribution in [0.4, 0.5) is 0 Å². The third-order valence-electron chi connectivity index (χ3n) is 4.22. The largest absolute Gasteiger partial charge is 0.493 e. The monoisotopic (exact) mass is 427 g/mol. The fourth-order valence-electron chi connectivity index (χ4n) is 2.95. The topological polar surface area (TPSA) is 51.5 Å². The standard InChI is InChI=1S/C22H22BrNO3/c1-14(2)13-27-21-10-8-17(23)12-19(21)20-9-7-15(3)24(20)18-6-4-5-16(11-18)22(25)26/h4-12,14H,13H2,1-3H3,(H,25,26). The molecule has 4 nitrogen and oxygen atoms in total. The van der Waals surface area contributed by atoms with Gasteiger partial charge in [-0.25, -0.2) is 4.79 Å². The van der Waals surface area contributed by atoms with Crippen molar-refractivity contribution in [1.29, 1.82) is 0 Å². The van der Waals surface area contributed by atoms with E-state index < -0.39 is 5.97 Å². The number of carbonyl (C=O) groups is 1. The van der Waals surface area contributed by atoms with E-state index in [1.807, 2.05) is 43.3 Å². The first kappa shape index (κ1) is 19.2. The zero-order valence-electron chi connectivity index (χ0n) is 15.6. The molecule has 5 heteroatoms. The number of ether oxygens (including phenoxy) is 1. The molecule has 0 saturated heterocycles. The second-order valence-corrected chi connectivity index (χ2v) is 7.81. The maximum Gasteiger partial charge on any atom is 0.335 e. The zero-order valence-corrected chi connectivity index (χ0v) is 17.2. The number of nitrogens with zero attached hydrogens (tertiary/aromatic N) is 1. The SMILES string of the molecule is Cc1ccc(-c2cc(Br)ccc2OCC(C)C)n1-c1cccc(C(=O)O)c1. The van der Waals surface area contributed by atoms with E-state index in [9.17, 15) is 9.90 Å². The van der Waals surface area contributed by atoms with Gasteiger partial charge in [-0.3, -0.25) is 0 Å². The molecule has 0 spiro atoms. The molecule has 0 amide bonds. The van der Waals surface area contributed by atoms with Crippen molar-refractivity contribution in [1.82, 2.24) is 4.57 Å². The highest BCUT2D eigenvalue weighted by molar-refractivity contribution is 9.10. The Morgan fingerprint density at radius 1 is 1.15 bits per heavy atom. The fourth-order valence-corrected chi connectivity index (χ4v) is 3.32. The first-order valence-electron chi connectivity index (χ1n) is 8.81. The van der Waals surface area contributed by atoms with Crippen molar-refractivity contribution >= 4 is 21.9 Å². The van der Waals surface area contributed by atoms with Gasteiger partial charge in [-0.2, -0.15) is 0 Å². The van der Waals surface area contributed by atoms with E-state index in [4.69, 9.17) is 4.74 Å². The molecule has 140 valence electrons. The molecule has 0 bridgehead atoms. The molecule has 1 aromatic heterocycles. The Morgan fingerprint density at radius 3 is 2.63 bits per heavy atom. The van der Waals surface area contributed by atoms with Crippen LogP contribution in [0.5, 0.6) is 5.75 Å². The van der Waals surface area contributed by atoms with Crippen molar-refractivity contribution in [3.05, 3.63) is 70.3 Å². The summed E-state index contributed by atoms with van der Waals surface area (Å²) < 4.78 is 9.05. The van der Waals surface area contributed by atoms with Crippen LogP contribution in [0.3, 0.4) is 0 Å². The Morgan fingerprint density at radius 2 is 1.93 bits per heavy atom. The number of carboxylic acid groups (broad SMARTS) is 1. The Hall–Kier alpha value is -2.53. The predicted octanol–water partition coefficient (Wildman–Crippen LogP) is 5.95. The summed E-state index contributed by atoms with van der Waals surface area (Å²) in [5.74, 6) is 0.287. The number of benzene rings is 2. The van der Waals surface area contributed by atoms with Crippen molar-refractivity contribution in [2.75, 3.05) is 6.61 Å². The summed E-state index contributed by atoms with van der Waals surface area (Å²) in [4.78, 5) is 11.4. The number of carboxylic acids is 1. The molecule has 2 aromatic carbocycles. The number of halogens is 1. The second-order valence-electron chi connectivity index (χ2n) is 6.90. The molecule has 0 aliphatic rings. The Labute approximate surface area is 167 Å². The molecular formula is C22H22BrNO3. The number of aromatic nitrogens is 1. The van der Waals surface area contributed by atoms with E-state index in [-0.39, 0.29) is 5.56 Å². The number of hydrogen-bond donors (Lipinski definition) is 1. The summed E-state index contributed by atoms with van der Waals surface area (Å²) in [5.41, 5.74) is 4.00. The van der Waals surface area contributed by atoms with Crippen LogP contribution in [0, 0.1) is 12.8 Å². The molecule has 0 aliphatic carbocycles. The third kappa shape index (κ3) is 4.25. The quantitative estimate of drug-likeness (QED) is 0.528. The first-order valence-corrected chi connectivity index (χ1v) is 9.61. The predicted molar refractivity (Wildman–Crippen MR) is 111 cm³/mol. The van der Waals surface area contributed by atoms with Gasteiger partial charge < -0.3 is 14.4 Å². The third-order valence-corrected chi connectivity index (χ3v) is 4.71. The van der Waals surface area contributed by atoms with Crippen molar-refractivity contribution in [3.8, 4) is 22.7 Å². The maximum absolute atomic E-state index is 11.4. The Balaban J connectivity index is 2.14. The number of rotatable bonds is 6. The first-order chi connectivity index (χ1) is 12.9. The average Bonchev–Trinajstić information content (AvgIpc) is 3.02. The van der Waals surface area contributed by atoms with Gasteiger partial charge >= 0.3 is 5.97 Å². The molecule has 0 radical (unpaired) electrons. The lowest BCUT2D eigenvalue weighted by Gasteiger charge is -2.17. The maximum atomic E-state index is 11.4. The molecule has 0 saturated carbocycles. The molecule has 0 aliphatic heterocycles. The average molecular weight is 428 g/mol. The minimum Gasteiger partial charge on any atom is -0.493 e. The summed E-state index contributed by atoms with van der Waals surface area (Å²) in [6.07, 6.45) is 0. The van der Waals surface area contributed by atoms with E-state index >= 15 is 0 Å². The van der Waals surface area contributed by atoms with Gasteiger partial charge in [0.1, 0.15) is 5.75 Å². The van der Waals surface area contributed by atoms with E-state index in [1.165, 1.54) is 0 Å². The highest BCUT2D eigenvalue weighted by atomic mass is 79.9. The van der Waals surface area contributed by atoms with Crippen molar-refractivity contribution in [3.63, 3.8) is 0 Å². The molecule has 0 atom stereocenters. The van der Waals surface area contributed by atoms with E-state index in [2.05, 4.69) is 34.3 Å². The van der Waals surface area contributed by atoms with Crippen LogP contribution in [0.15, 0.2) is 59.1 Å². The Kier molecular flexibility index (Phi) is 5.71. The smallest absolute Gasteiger partial charge is 0.335 e. The van der Waals surface area contributed by atoms with Crippen LogP contribution in [-0.4, -0.2) is 22.2 Å². The highest BCUT2D eigenvalue weighted by Gasteiger charge is 2.16. The van der Waals surface area contributed by atoms with Crippen molar-refractivity contribution in [2.45, 2.75) is 20.8 Å². The van der Waals surface area contributed by atoms with Crippen molar-refractivity contribution < 1.29 is 14.6 Å². The lowest BCUT2D eigenvalue weighted by atomic mass is 10.1. The molecule has 27 heavy (non-hydrogen) atoms. The van der Waals surface area contributed by atoms with Gasteiger partial charge in [0.15, 0.2) is 0 Å². The highest BCUT2D eigenvalue weighted by Crippen LogP contribution is 2.36. The number of aryl methyl sites for hydroxylation is 1.